The molecule has 2 aromatic rings. The van der Waals surface area contributed by atoms with Crippen LogP contribution in [0.4, 0.5) is 5.82 Å². The first kappa shape index (κ1) is 10.3. The largest absolute Gasteiger partial charge is 0.307 e. The average molecular weight is 213 g/mol. The maximum absolute atomic E-state index is 11.7. The number of nitrogens with zero attached hydrogens (tertiary/aromatic N) is 2. The van der Waals surface area contributed by atoms with Gasteiger partial charge in [0.2, 0.25) is 0 Å². The summed E-state index contributed by atoms with van der Waals surface area (Å²) < 4.78 is 0. The maximum atomic E-state index is 11.7. The molecule has 0 aliphatic carbocycles. The Morgan fingerprint density at radius 2 is 1.94 bits per heavy atom. The number of amides is 1. The molecule has 0 atom stereocenters. The van der Waals surface area contributed by atoms with Crippen molar-refractivity contribution in [1.29, 1.82) is 0 Å². The second-order valence-corrected chi connectivity index (χ2v) is 3.41. The van der Waals surface area contributed by atoms with Crippen molar-refractivity contribution in [1.82, 2.24) is 9.97 Å². The molecular weight excluding hydrogens is 202 g/mol. The summed E-state index contributed by atoms with van der Waals surface area (Å²) in [6.45, 7) is 1.95. The Hall–Kier alpha value is -2.23. The molecule has 0 unspecified atom stereocenters. The van der Waals surface area contributed by atoms with Gasteiger partial charge in [-0.1, -0.05) is 0 Å². The molecule has 2 heterocycles. The molecule has 4 heteroatoms. The van der Waals surface area contributed by atoms with E-state index in [0.717, 1.165) is 5.56 Å². The summed E-state index contributed by atoms with van der Waals surface area (Å²) >= 11 is 0. The minimum absolute atomic E-state index is 0.180. The lowest BCUT2D eigenvalue weighted by Crippen LogP contribution is -2.12. The highest BCUT2D eigenvalue weighted by Gasteiger charge is 2.05. The Morgan fingerprint density at radius 1 is 1.19 bits per heavy atom. The van der Waals surface area contributed by atoms with Gasteiger partial charge in [0.25, 0.3) is 5.91 Å². The molecule has 0 fully saturated rings. The number of hydrogen-bond acceptors (Lipinski definition) is 3. The molecule has 0 bridgehead atoms. The van der Waals surface area contributed by atoms with Crippen LogP contribution >= 0.6 is 0 Å². The molecule has 1 N–H and O–H groups in total. The van der Waals surface area contributed by atoms with Gasteiger partial charge in [0.15, 0.2) is 0 Å². The third-order valence-electron chi connectivity index (χ3n) is 2.10. The van der Waals surface area contributed by atoms with Crippen molar-refractivity contribution in [2.24, 2.45) is 0 Å². The Balaban J connectivity index is 2.14. The molecule has 2 aromatic heterocycles. The standard InChI is InChI=1S/C12H11N3O/c1-9-2-7-14-11(8-9)15-12(16)10-3-5-13-6-4-10/h2-8H,1H3,(H,14,15,16). The highest BCUT2D eigenvalue weighted by atomic mass is 16.1. The van der Waals surface area contributed by atoms with E-state index in [1.807, 2.05) is 19.1 Å². The molecule has 16 heavy (non-hydrogen) atoms. The Kier molecular flexibility index (Phi) is 2.91. The van der Waals surface area contributed by atoms with Gasteiger partial charge in [-0.2, -0.15) is 0 Å². The monoisotopic (exact) mass is 213 g/mol. The third-order valence-corrected chi connectivity index (χ3v) is 2.10. The van der Waals surface area contributed by atoms with Crippen molar-refractivity contribution in [3.63, 3.8) is 0 Å². The van der Waals surface area contributed by atoms with Gasteiger partial charge in [-0.25, -0.2) is 4.98 Å². The van der Waals surface area contributed by atoms with Crippen LogP contribution in [-0.4, -0.2) is 15.9 Å². The zero-order valence-corrected chi connectivity index (χ0v) is 8.84. The smallest absolute Gasteiger partial charge is 0.256 e. The van der Waals surface area contributed by atoms with Crippen molar-refractivity contribution >= 4 is 11.7 Å². The first-order chi connectivity index (χ1) is 7.75. The Labute approximate surface area is 93.4 Å². The van der Waals surface area contributed by atoms with Gasteiger partial charge in [0.1, 0.15) is 5.82 Å². The lowest BCUT2D eigenvalue weighted by Gasteiger charge is -2.04. The predicted molar refractivity (Wildman–Crippen MR) is 61.2 cm³/mol. The van der Waals surface area contributed by atoms with Crippen molar-refractivity contribution in [2.45, 2.75) is 6.92 Å². The maximum Gasteiger partial charge on any atom is 0.256 e. The fourth-order valence-corrected chi connectivity index (χ4v) is 1.30. The van der Waals surface area contributed by atoms with E-state index >= 15 is 0 Å². The van der Waals surface area contributed by atoms with Crippen LogP contribution in [0, 0.1) is 6.92 Å². The van der Waals surface area contributed by atoms with Gasteiger partial charge < -0.3 is 5.32 Å². The molecule has 2 rings (SSSR count). The zero-order valence-electron chi connectivity index (χ0n) is 8.84. The molecule has 0 spiro atoms. The van der Waals surface area contributed by atoms with Crippen LogP contribution in [0.3, 0.4) is 0 Å². The summed E-state index contributed by atoms with van der Waals surface area (Å²) in [5.74, 6) is 0.377. The molecule has 0 aromatic carbocycles. The van der Waals surface area contributed by atoms with Crippen molar-refractivity contribution in [3.8, 4) is 0 Å². The van der Waals surface area contributed by atoms with Crippen LogP contribution in [0.2, 0.25) is 0 Å². The SMILES string of the molecule is Cc1ccnc(NC(=O)c2ccncc2)c1. The molecule has 4 nitrogen and oxygen atoms in total. The Bertz CT molecular complexity index is 497. The summed E-state index contributed by atoms with van der Waals surface area (Å²) in [6, 6.07) is 7.01. The highest BCUT2D eigenvalue weighted by Crippen LogP contribution is 2.07. The fraction of sp³-hybridized carbons (Fsp3) is 0.0833. The van der Waals surface area contributed by atoms with Crippen molar-refractivity contribution in [2.75, 3.05) is 5.32 Å². The summed E-state index contributed by atoms with van der Waals surface area (Å²) in [5, 5.41) is 2.72. The quantitative estimate of drug-likeness (QED) is 0.830. The minimum Gasteiger partial charge on any atom is -0.307 e. The van der Waals surface area contributed by atoms with E-state index in [1.54, 1.807) is 30.7 Å². The van der Waals surface area contributed by atoms with E-state index in [9.17, 15) is 4.79 Å². The van der Waals surface area contributed by atoms with E-state index in [1.165, 1.54) is 0 Å². The lowest BCUT2D eigenvalue weighted by molar-refractivity contribution is 0.102. The number of pyridine rings is 2. The third kappa shape index (κ3) is 2.42. The van der Waals surface area contributed by atoms with Crippen LogP contribution in [0.25, 0.3) is 0 Å². The summed E-state index contributed by atoms with van der Waals surface area (Å²) in [4.78, 5) is 19.7. The first-order valence-electron chi connectivity index (χ1n) is 4.90. The van der Waals surface area contributed by atoms with Gasteiger partial charge >= 0.3 is 0 Å². The second kappa shape index (κ2) is 4.53. The first-order valence-corrected chi connectivity index (χ1v) is 4.90. The zero-order chi connectivity index (χ0) is 11.4. The predicted octanol–water partition coefficient (Wildman–Crippen LogP) is 2.04. The lowest BCUT2D eigenvalue weighted by atomic mass is 10.2. The van der Waals surface area contributed by atoms with Gasteiger partial charge in [-0.15, -0.1) is 0 Å². The normalized spacial score (nSPS) is 9.81. The summed E-state index contributed by atoms with van der Waals surface area (Å²) in [5.41, 5.74) is 1.62. The topological polar surface area (TPSA) is 54.9 Å². The minimum atomic E-state index is -0.180. The number of aryl methyl sites for hydroxylation is 1. The van der Waals surface area contributed by atoms with E-state index in [2.05, 4.69) is 15.3 Å². The number of nitrogens with one attached hydrogen (secondary N) is 1. The van der Waals surface area contributed by atoms with Gasteiger partial charge in [-0.05, 0) is 36.8 Å². The molecule has 1 amide bonds. The van der Waals surface area contributed by atoms with E-state index in [4.69, 9.17) is 0 Å². The number of carbonyl (C=O) groups excluding carboxylic acids is 1. The second-order valence-electron chi connectivity index (χ2n) is 3.41. The van der Waals surface area contributed by atoms with Crippen LogP contribution in [-0.2, 0) is 0 Å². The number of rotatable bonds is 2. The molecule has 0 aliphatic rings. The summed E-state index contributed by atoms with van der Waals surface area (Å²) in [7, 11) is 0. The highest BCUT2D eigenvalue weighted by molar-refractivity contribution is 6.03. The van der Waals surface area contributed by atoms with Crippen LogP contribution in [0.1, 0.15) is 15.9 Å². The Morgan fingerprint density at radius 3 is 2.62 bits per heavy atom. The molecule has 0 radical (unpaired) electrons. The number of hydrogen-bond donors (Lipinski definition) is 1. The average Bonchev–Trinajstić information content (AvgIpc) is 2.30. The number of carbonyl (C=O) groups is 1. The number of anilines is 1. The molecule has 0 saturated carbocycles. The van der Waals surface area contributed by atoms with E-state index in [-0.39, 0.29) is 5.91 Å². The van der Waals surface area contributed by atoms with Gasteiger partial charge in [0.05, 0.1) is 0 Å². The van der Waals surface area contributed by atoms with Gasteiger partial charge in [-0.3, -0.25) is 9.78 Å². The van der Waals surface area contributed by atoms with Crippen LogP contribution < -0.4 is 5.32 Å². The molecule has 0 aliphatic heterocycles. The molecule has 0 saturated heterocycles. The van der Waals surface area contributed by atoms with Crippen molar-refractivity contribution in [3.05, 3.63) is 54.0 Å². The van der Waals surface area contributed by atoms with E-state index < -0.39 is 0 Å². The number of aromatic nitrogens is 2. The van der Waals surface area contributed by atoms with Gasteiger partial charge in [0, 0.05) is 24.2 Å². The summed E-state index contributed by atoms with van der Waals surface area (Å²) in [6.07, 6.45) is 4.83. The fourth-order valence-electron chi connectivity index (χ4n) is 1.30. The van der Waals surface area contributed by atoms with E-state index in [0.29, 0.717) is 11.4 Å². The van der Waals surface area contributed by atoms with Crippen LogP contribution in [0.5, 0.6) is 0 Å². The van der Waals surface area contributed by atoms with Crippen molar-refractivity contribution < 1.29 is 4.79 Å². The molecular formula is C12H11N3O. The van der Waals surface area contributed by atoms with Crippen LogP contribution in [0.15, 0.2) is 42.9 Å². The molecule has 80 valence electrons.